The van der Waals surface area contributed by atoms with Crippen molar-refractivity contribution in [3.63, 3.8) is 0 Å². The molecule has 5 nitrogen and oxygen atoms in total. The van der Waals surface area contributed by atoms with Gasteiger partial charge in [0.25, 0.3) is 0 Å². The van der Waals surface area contributed by atoms with Crippen LogP contribution in [0.4, 0.5) is 9.18 Å². The maximum atomic E-state index is 13.4. The fourth-order valence-corrected chi connectivity index (χ4v) is 4.39. The molecule has 2 amide bonds. The molecular weight excluding hydrogens is 331 g/mol. The summed E-state index contributed by atoms with van der Waals surface area (Å²) in [4.78, 5) is 16.9. The molecule has 2 aliphatic rings. The summed E-state index contributed by atoms with van der Waals surface area (Å²) in [7, 11) is 1.92. The standard InChI is InChI=1S/C20H27FN4O/c1-23-13-15(18-5-4-16(21)12-19(18)23)6-8-22-20(26)25-11-7-17(14-25)24-9-2-3-10-24/h4-5,12-13,17H,2-3,6-11,14H2,1H3,(H,22,26). The van der Waals surface area contributed by atoms with E-state index in [0.717, 1.165) is 42.4 Å². The summed E-state index contributed by atoms with van der Waals surface area (Å²) < 4.78 is 15.4. The molecule has 1 unspecified atom stereocenters. The largest absolute Gasteiger partial charge is 0.350 e. The van der Waals surface area contributed by atoms with Crippen LogP contribution in [-0.2, 0) is 13.5 Å². The summed E-state index contributed by atoms with van der Waals surface area (Å²) >= 11 is 0. The third-order valence-electron chi connectivity index (χ3n) is 5.81. The topological polar surface area (TPSA) is 40.5 Å². The zero-order valence-electron chi connectivity index (χ0n) is 15.4. The summed E-state index contributed by atoms with van der Waals surface area (Å²) in [6.45, 7) is 4.66. The third-order valence-corrected chi connectivity index (χ3v) is 5.81. The fraction of sp³-hybridized carbons (Fsp3) is 0.550. The van der Waals surface area contributed by atoms with Gasteiger partial charge in [0.05, 0.1) is 5.52 Å². The van der Waals surface area contributed by atoms with Crippen LogP contribution in [0.3, 0.4) is 0 Å². The number of hydrogen-bond acceptors (Lipinski definition) is 2. The van der Waals surface area contributed by atoms with Gasteiger partial charge in [-0.2, -0.15) is 0 Å². The Kier molecular flexibility index (Phi) is 4.85. The van der Waals surface area contributed by atoms with Crippen LogP contribution >= 0.6 is 0 Å². The van der Waals surface area contributed by atoms with Crippen molar-refractivity contribution < 1.29 is 9.18 Å². The molecule has 1 aromatic carbocycles. The summed E-state index contributed by atoms with van der Waals surface area (Å²) in [6, 6.07) is 5.45. The van der Waals surface area contributed by atoms with Crippen LogP contribution in [-0.4, -0.2) is 59.2 Å². The second-order valence-electron chi connectivity index (χ2n) is 7.54. The van der Waals surface area contributed by atoms with Crippen molar-refractivity contribution in [3.8, 4) is 0 Å². The van der Waals surface area contributed by atoms with Crippen molar-refractivity contribution in [1.29, 1.82) is 0 Å². The second kappa shape index (κ2) is 7.27. The molecule has 0 saturated carbocycles. The van der Waals surface area contributed by atoms with Crippen LogP contribution < -0.4 is 5.32 Å². The molecule has 0 bridgehead atoms. The molecule has 1 aromatic heterocycles. The predicted octanol–water partition coefficient (Wildman–Crippen LogP) is 2.74. The monoisotopic (exact) mass is 358 g/mol. The maximum Gasteiger partial charge on any atom is 0.317 e. The molecule has 1 atom stereocenters. The van der Waals surface area contributed by atoms with E-state index in [1.807, 2.05) is 28.8 Å². The molecule has 0 spiro atoms. The molecule has 2 fully saturated rings. The molecule has 4 rings (SSSR count). The van der Waals surface area contributed by atoms with E-state index >= 15 is 0 Å². The molecule has 2 aliphatic heterocycles. The minimum absolute atomic E-state index is 0.0398. The van der Waals surface area contributed by atoms with Gasteiger partial charge in [0.1, 0.15) is 5.82 Å². The zero-order chi connectivity index (χ0) is 18.1. The first-order valence-electron chi connectivity index (χ1n) is 9.62. The molecule has 26 heavy (non-hydrogen) atoms. The summed E-state index contributed by atoms with van der Waals surface area (Å²) in [5, 5.41) is 4.11. The number of urea groups is 1. The van der Waals surface area contributed by atoms with Gasteiger partial charge in [0.15, 0.2) is 0 Å². The minimum atomic E-state index is -0.222. The van der Waals surface area contributed by atoms with E-state index in [4.69, 9.17) is 0 Å². The first kappa shape index (κ1) is 17.3. The number of carbonyl (C=O) groups excluding carboxylic acids is 1. The van der Waals surface area contributed by atoms with Gasteiger partial charge in [0, 0.05) is 44.3 Å². The number of halogens is 1. The molecule has 140 valence electrons. The Balaban J connectivity index is 1.30. The van der Waals surface area contributed by atoms with Gasteiger partial charge < -0.3 is 14.8 Å². The van der Waals surface area contributed by atoms with Gasteiger partial charge >= 0.3 is 6.03 Å². The van der Waals surface area contributed by atoms with Gasteiger partial charge in [-0.15, -0.1) is 0 Å². The minimum Gasteiger partial charge on any atom is -0.350 e. The number of amides is 2. The fourth-order valence-electron chi connectivity index (χ4n) is 4.39. The Morgan fingerprint density at radius 2 is 2.08 bits per heavy atom. The Hall–Kier alpha value is -2.08. The predicted molar refractivity (Wildman–Crippen MR) is 101 cm³/mol. The quantitative estimate of drug-likeness (QED) is 0.913. The van der Waals surface area contributed by atoms with E-state index < -0.39 is 0 Å². The van der Waals surface area contributed by atoms with E-state index in [1.54, 1.807) is 6.07 Å². The highest BCUT2D eigenvalue weighted by Gasteiger charge is 2.31. The van der Waals surface area contributed by atoms with Crippen molar-refractivity contribution in [3.05, 3.63) is 35.8 Å². The SMILES string of the molecule is Cn1cc(CCNC(=O)N2CCC(N3CCCC3)C2)c2ccc(F)cc21. The van der Waals surface area contributed by atoms with Gasteiger partial charge in [-0.25, -0.2) is 9.18 Å². The normalized spacial score (nSPS) is 21.0. The van der Waals surface area contributed by atoms with E-state index in [2.05, 4.69) is 10.2 Å². The van der Waals surface area contributed by atoms with Crippen molar-refractivity contribution in [1.82, 2.24) is 19.7 Å². The van der Waals surface area contributed by atoms with Crippen LogP contribution in [0.25, 0.3) is 10.9 Å². The van der Waals surface area contributed by atoms with Crippen molar-refractivity contribution in [2.24, 2.45) is 7.05 Å². The van der Waals surface area contributed by atoms with Gasteiger partial charge in [-0.1, -0.05) is 0 Å². The Morgan fingerprint density at radius 1 is 1.27 bits per heavy atom. The van der Waals surface area contributed by atoms with Crippen molar-refractivity contribution in [2.45, 2.75) is 31.7 Å². The zero-order valence-corrected chi connectivity index (χ0v) is 15.4. The highest BCUT2D eigenvalue weighted by atomic mass is 19.1. The number of carbonyl (C=O) groups is 1. The maximum absolute atomic E-state index is 13.4. The first-order chi connectivity index (χ1) is 12.6. The molecule has 0 radical (unpaired) electrons. The number of fused-ring (bicyclic) bond motifs is 1. The molecule has 0 aliphatic carbocycles. The van der Waals surface area contributed by atoms with Gasteiger partial charge in [0.2, 0.25) is 0 Å². The second-order valence-corrected chi connectivity index (χ2v) is 7.54. The van der Waals surface area contributed by atoms with Crippen LogP contribution in [0.5, 0.6) is 0 Å². The Bertz CT molecular complexity index is 796. The van der Waals surface area contributed by atoms with Crippen LogP contribution in [0.1, 0.15) is 24.8 Å². The summed E-state index contributed by atoms with van der Waals surface area (Å²) in [6.07, 6.45) is 6.44. The number of aryl methyl sites for hydroxylation is 1. The first-order valence-corrected chi connectivity index (χ1v) is 9.62. The van der Waals surface area contributed by atoms with Crippen LogP contribution in [0.15, 0.2) is 24.4 Å². The average Bonchev–Trinajstić information content (AvgIpc) is 3.35. The molecular formula is C20H27FN4O. The lowest BCUT2D eigenvalue weighted by molar-refractivity contribution is 0.199. The molecule has 1 N–H and O–H groups in total. The van der Waals surface area contributed by atoms with E-state index in [0.29, 0.717) is 12.6 Å². The highest BCUT2D eigenvalue weighted by molar-refractivity contribution is 5.84. The van der Waals surface area contributed by atoms with Gasteiger partial charge in [-0.3, -0.25) is 4.90 Å². The number of likely N-dealkylation sites (tertiary alicyclic amines) is 2. The van der Waals surface area contributed by atoms with Crippen LogP contribution in [0.2, 0.25) is 0 Å². The number of hydrogen-bond donors (Lipinski definition) is 1. The average molecular weight is 358 g/mol. The number of rotatable bonds is 4. The highest BCUT2D eigenvalue weighted by Crippen LogP contribution is 2.22. The van der Waals surface area contributed by atoms with E-state index in [-0.39, 0.29) is 11.8 Å². The lowest BCUT2D eigenvalue weighted by Crippen LogP contribution is -2.42. The molecule has 6 heteroatoms. The third kappa shape index (κ3) is 3.43. The molecule has 3 heterocycles. The van der Waals surface area contributed by atoms with Crippen LogP contribution in [0, 0.1) is 5.82 Å². The van der Waals surface area contributed by atoms with Gasteiger partial charge in [-0.05, 0) is 62.5 Å². The molecule has 2 saturated heterocycles. The Labute approximate surface area is 153 Å². The number of benzene rings is 1. The lowest BCUT2D eigenvalue weighted by Gasteiger charge is -2.23. The smallest absolute Gasteiger partial charge is 0.317 e. The lowest BCUT2D eigenvalue weighted by atomic mass is 10.1. The molecule has 2 aromatic rings. The summed E-state index contributed by atoms with van der Waals surface area (Å²) in [5.41, 5.74) is 2.03. The van der Waals surface area contributed by atoms with Crippen molar-refractivity contribution >= 4 is 16.9 Å². The summed E-state index contributed by atoms with van der Waals surface area (Å²) in [5.74, 6) is -0.222. The number of nitrogens with zero attached hydrogens (tertiary/aromatic N) is 3. The number of nitrogens with one attached hydrogen (secondary N) is 1. The Morgan fingerprint density at radius 3 is 2.88 bits per heavy atom. The van der Waals surface area contributed by atoms with E-state index in [1.165, 1.54) is 32.0 Å². The van der Waals surface area contributed by atoms with Crippen molar-refractivity contribution in [2.75, 3.05) is 32.7 Å². The number of aromatic nitrogens is 1. The van der Waals surface area contributed by atoms with E-state index in [9.17, 15) is 9.18 Å².